The first-order valence-electron chi connectivity index (χ1n) is 7.24. The Morgan fingerprint density at radius 3 is 2.80 bits per heavy atom. The molecule has 0 spiro atoms. The molecule has 1 aromatic heterocycles. The fraction of sp³-hybridized carbons (Fsp3) is 0.438. The van der Waals surface area contributed by atoms with Crippen LogP contribution in [0.1, 0.15) is 42.6 Å². The summed E-state index contributed by atoms with van der Waals surface area (Å²) < 4.78 is 5.19. The summed E-state index contributed by atoms with van der Waals surface area (Å²) in [6.07, 6.45) is 5.92. The van der Waals surface area contributed by atoms with Crippen molar-refractivity contribution in [3.8, 4) is 5.75 Å². The second-order valence-electron chi connectivity index (χ2n) is 5.44. The van der Waals surface area contributed by atoms with E-state index in [2.05, 4.69) is 10.3 Å². The SMILES string of the molecule is COc1ccc2cc(C(=O)NC3CCCCC3)[nH]c2c1. The molecule has 4 nitrogen and oxygen atoms in total. The largest absolute Gasteiger partial charge is 0.497 e. The van der Waals surface area contributed by atoms with Crippen molar-refractivity contribution in [3.63, 3.8) is 0 Å². The van der Waals surface area contributed by atoms with Gasteiger partial charge < -0.3 is 15.0 Å². The first-order valence-corrected chi connectivity index (χ1v) is 7.24. The van der Waals surface area contributed by atoms with E-state index in [1.54, 1.807) is 7.11 Å². The summed E-state index contributed by atoms with van der Waals surface area (Å²) >= 11 is 0. The van der Waals surface area contributed by atoms with E-state index in [0.29, 0.717) is 11.7 Å². The van der Waals surface area contributed by atoms with Crippen LogP contribution in [0, 0.1) is 0 Å². The molecule has 0 radical (unpaired) electrons. The summed E-state index contributed by atoms with van der Waals surface area (Å²) in [6, 6.07) is 8.00. The van der Waals surface area contributed by atoms with E-state index in [4.69, 9.17) is 4.74 Å². The minimum absolute atomic E-state index is 0.00735. The number of ether oxygens (including phenoxy) is 1. The fourth-order valence-electron chi connectivity index (χ4n) is 2.87. The highest BCUT2D eigenvalue weighted by molar-refractivity contribution is 5.98. The van der Waals surface area contributed by atoms with Crippen LogP contribution in [0.25, 0.3) is 10.9 Å². The van der Waals surface area contributed by atoms with Gasteiger partial charge in [0.2, 0.25) is 0 Å². The van der Waals surface area contributed by atoms with Crippen molar-refractivity contribution >= 4 is 16.8 Å². The van der Waals surface area contributed by atoms with Gasteiger partial charge in [-0.1, -0.05) is 19.3 Å². The molecule has 1 aliphatic rings. The number of benzene rings is 1. The van der Waals surface area contributed by atoms with E-state index < -0.39 is 0 Å². The molecule has 0 aliphatic heterocycles. The number of methoxy groups -OCH3 is 1. The Kier molecular flexibility index (Phi) is 3.63. The van der Waals surface area contributed by atoms with Crippen LogP contribution in [-0.4, -0.2) is 24.0 Å². The lowest BCUT2D eigenvalue weighted by atomic mass is 9.95. The normalized spacial score (nSPS) is 16.2. The highest BCUT2D eigenvalue weighted by Gasteiger charge is 2.17. The number of hydrogen-bond acceptors (Lipinski definition) is 2. The van der Waals surface area contributed by atoms with Crippen LogP contribution in [0.2, 0.25) is 0 Å². The molecule has 20 heavy (non-hydrogen) atoms. The Morgan fingerprint density at radius 1 is 1.25 bits per heavy atom. The number of H-pyrrole nitrogens is 1. The maximum Gasteiger partial charge on any atom is 0.267 e. The molecule has 2 aromatic rings. The van der Waals surface area contributed by atoms with Crippen molar-refractivity contribution < 1.29 is 9.53 Å². The molecule has 4 heteroatoms. The van der Waals surface area contributed by atoms with E-state index >= 15 is 0 Å². The molecule has 3 rings (SSSR count). The van der Waals surface area contributed by atoms with Crippen LogP contribution in [-0.2, 0) is 0 Å². The van der Waals surface area contributed by atoms with Gasteiger partial charge in [0, 0.05) is 23.0 Å². The summed E-state index contributed by atoms with van der Waals surface area (Å²) in [5.74, 6) is 0.783. The molecule has 0 bridgehead atoms. The van der Waals surface area contributed by atoms with Gasteiger partial charge in [0.15, 0.2) is 0 Å². The van der Waals surface area contributed by atoms with Gasteiger partial charge in [0.05, 0.1) is 7.11 Å². The average Bonchev–Trinajstić information content (AvgIpc) is 2.91. The Bertz CT molecular complexity index is 612. The standard InChI is InChI=1S/C16H20N2O2/c1-20-13-8-7-11-9-15(18-14(11)10-13)16(19)17-12-5-3-2-4-6-12/h7-10,12,18H,2-6H2,1H3,(H,17,19). The number of aromatic amines is 1. The summed E-state index contributed by atoms with van der Waals surface area (Å²) in [4.78, 5) is 15.4. The highest BCUT2D eigenvalue weighted by atomic mass is 16.5. The second kappa shape index (κ2) is 5.57. The lowest BCUT2D eigenvalue weighted by molar-refractivity contribution is 0.0923. The lowest BCUT2D eigenvalue weighted by Gasteiger charge is -2.22. The third-order valence-corrected chi connectivity index (χ3v) is 4.01. The Morgan fingerprint density at radius 2 is 2.05 bits per heavy atom. The molecule has 106 valence electrons. The highest BCUT2D eigenvalue weighted by Crippen LogP contribution is 2.22. The van der Waals surface area contributed by atoms with E-state index in [1.807, 2.05) is 24.3 Å². The van der Waals surface area contributed by atoms with Crippen LogP contribution >= 0.6 is 0 Å². The number of nitrogens with one attached hydrogen (secondary N) is 2. The molecule has 1 heterocycles. The summed E-state index contributed by atoms with van der Waals surface area (Å²) in [5, 5.41) is 4.15. The zero-order valence-electron chi connectivity index (χ0n) is 11.7. The first-order chi connectivity index (χ1) is 9.76. The molecule has 0 saturated heterocycles. The lowest BCUT2D eigenvalue weighted by Crippen LogP contribution is -2.36. The maximum atomic E-state index is 12.3. The Hall–Kier alpha value is -1.97. The Balaban J connectivity index is 1.77. The van der Waals surface area contributed by atoms with Crippen molar-refractivity contribution in [2.45, 2.75) is 38.1 Å². The topological polar surface area (TPSA) is 54.1 Å². The van der Waals surface area contributed by atoms with Gasteiger partial charge in [-0.2, -0.15) is 0 Å². The first kappa shape index (κ1) is 13.0. The van der Waals surface area contributed by atoms with Crippen LogP contribution in [0.5, 0.6) is 5.75 Å². The quantitative estimate of drug-likeness (QED) is 0.901. The van der Waals surface area contributed by atoms with Gasteiger partial charge in [-0.15, -0.1) is 0 Å². The number of rotatable bonds is 3. The van der Waals surface area contributed by atoms with Gasteiger partial charge in [0.25, 0.3) is 5.91 Å². The molecule has 0 atom stereocenters. The monoisotopic (exact) mass is 272 g/mol. The van der Waals surface area contributed by atoms with Gasteiger partial charge in [0.1, 0.15) is 11.4 Å². The third-order valence-electron chi connectivity index (χ3n) is 4.01. The van der Waals surface area contributed by atoms with E-state index in [9.17, 15) is 4.79 Å². The van der Waals surface area contributed by atoms with Crippen LogP contribution < -0.4 is 10.1 Å². The predicted molar refractivity (Wildman–Crippen MR) is 79.2 cm³/mol. The molecule has 1 aromatic carbocycles. The molecule has 1 fully saturated rings. The summed E-state index contributed by atoms with van der Waals surface area (Å²) in [5.41, 5.74) is 1.55. The van der Waals surface area contributed by atoms with E-state index in [0.717, 1.165) is 29.5 Å². The molecule has 0 unspecified atom stereocenters. The van der Waals surface area contributed by atoms with Crippen molar-refractivity contribution in [3.05, 3.63) is 30.0 Å². The van der Waals surface area contributed by atoms with E-state index in [1.165, 1.54) is 19.3 Å². The minimum Gasteiger partial charge on any atom is -0.497 e. The van der Waals surface area contributed by atoms with Crippen LogP contribution in [0.3, 0.4) is 0 Å². The number of carbonyl (C=O) groups is 1. The molecule has 2 N–H and O–H groups in total. The number of aromatic nitrogens is 1. The van der Waals surface area contributed by atoms with Crippen molar-refractivity contribution in [2.75, 3.05) is 7.11 Å². The molecule has 1 aliphatic carbocycles. The second-order valence-corrected chi connectivity index (χ2v) is 5.44. The van der Waals surface area contributed by atoms with Gasteiger partial charge in [-0.3, -0.25) is 4.79 Å². The summed E-state index contributed by atoms with van der Waals surface area (Å²) in [7, 11) is 1.64. The number of amides is 1. The number of fused-ring (bicyclic) bond motifs is 1. The minimum atomic E-state index is -0.00735. The summed E-state index contributed by atoms with van der Waals surface area (Å²) in [6.45, 7) is 0. The molecule has 1 saturated carbocycles. The third kappa shape index (κ3) is 2.64. The van der Waals surface area contributed by atoms with Gasteiger partial charge in [-0.05, 0) is 31.0 Å². The van der Waals surface area contributed by atoms with Crippen molar-refractivity contribution in [1.29, 1.82) is 0 Å². The molecular weight excluding hydrogens is 252 g/mol. The molecular formula is C16H20N2O2. The zero-order valence-corrected chi connectivity index (χ0v) is 11.7. The van der Waals surface area contributed by atoms with Crippen LogP contribution in [0.15, 0.2) is 24.3 Å². The van der Waals surface area contributed by atoms with Crippen molar-refractivity contribution in [2.24, 2.45) is 0 Å². The number of hydrogen-bond donors (Lipinski definition) is 2. The number of carbonyl (C=O) groups excluding carboxylic acids is 1. The maximum absolute atomic E-state index is 12.3. The van der Waals surface area contributed by atoms with Gasteiger partial charge in [-0.25, -0.2) is 0 Å². The Labute approximate surface area is 118 Å². The predicted octanol–water partition coefficient (Wildman–Crippen LogP) is 3.24. The average molecular weight is 272 g/mol. The van der Waals surface area contributed by atoms with Crippen LogP contribution in [0.4, 0.5) is 0 Å². The fourth-order valence-corrected chi connectivity index (χ4v) is 2.87. The molecule has 1 amide bonds. The zero-order chi connectivity index (χ0) is 13.9. The van der Waals surface area contributed by atoms with Crippen molar-refractivity contribution in [1.82, 2.24) is 10.3 Å². The smallest absolute Gasteiger partial charge is 0.267 e. The van der Waals surface area contributed by atoms with Gasteiger partial charge >= 0.3 is 0 Å². The van der Waals surface area contributed by atoms with E-state index in [-0.39, 0.29) is 5.91 Å².